The number of guanidine groups is 1. The van der Waals surface area contributed by atoms with E-state index < -0.39 is 5.97 Å². The van der Waals surface area contributed by atoms with E-state index in [0.717, 1.165) is 64.7 Å². The predicted octanol–water partition coefficient (Wildman–Crippen LogP) is 2.94. The zero-order chi connectivity index (χ0) is 22.6. The van der Waals surface area contributed by atoms with Crippen LogP contribution in [0.5, 0.6) is 5.75 Å². The van der Waals surface area contributed by atoms with Gasteiger partial charge in [0.2, 0.25) is 0 Å². The molecule has 2 aliphatic heterocycles. The second kappa shape index (κ2) is 9.53. The second-order valence-corrected chi connectivity index (χ2v) is 8.89. The van der Waals surface area contributed by atoms with Crippen LogP contribution in [0.1, 0.15) is 34.9 Å². The highest BCUT2D eigenvalue weighted by atomic mass is 32.1. The third kappa shape index (κ3) is 4.80. The van der Waals surface area contributed by atoms with Crippen LogP contribution in [-0.2, 0) is 11.3 Å². The molecule has 1 unspecified atom stereocenters. The highest BCUT2D eigenvalue weighted by Gasteiger charge is 2.26. The van der Waals surface area contributed by atoms with E-state index in [2.05, 4.69) is 29.9 Å². The summed E-state index contributed by atoms with van der Waals surface area (Å²) < 4.78 is 10.2. The van der Waals surface area contributed by atoms with Gasteiger partial charge in [0.15, 0.2) is 5.96 Å². The van der Waals surface area contributed by atoms with Crippen LogP contribution < -0.4 is 15.4 Å². The molecule has 0 aliphatic carbocycles. The zero-order valence-electron chi connectivity index (χ0n) is 18.1. The van der Waals surface area contributed by atoms with Crippen molar-refractivity contribution in [3.8, 4) is 5.75 Å². The minimum absolute atomic E-state index is 0.00952. The van der Waals surface area contributed by atoms with Gasteiger partial charge in [0, 0.05) is 66.3 Å². The molecule has 1 atom stereocenters. The van der Waals surface area contributed by atoms with Gasteiger partial charge in [0.05, 0.1) is 30.5 Å². The number of benzene rings is 1. The quantitative estimate of drug-likeness (QED) is 0.359. The number of nitrogens with one attached hydrogen (secondary N) is 3. The predicted molar refractivity (Wildman–Crippen MR) is 128 cm³/mol. The lowest BCUT2D eigenvalue weighted by Gasteiger charge is -2.31. The van der Waals surface area contributed by atoms with Crippen molar-refractivity contribution in [1.29, 1.82) is 0 Å². The van der Waals surface area contributed by atoms with E-state index >= 15 is 0 Å². The first-order valence-electron chi connectivity index (χ1n) is 11.0. The Hall–Kier alpha value is -3.53. The van der Waals surface area contributed by atoms with Gasteiger partial charge in [0.1, 0.15) is 5.75 Å². The van der Waals surface area contributed by atoms with Gasteiger partial charge < -0.3 is 30.4 Å². The second-order valence-electron chi connectivity index (χ2n) is 8.05. The molecular weight excluding hydrogens is 440 g/mol. The average Bonchev–Trinajstić information content (AvgIpc) is 3.57. The number of carboxylic acid groups (broad SMARTS) is 1. The number of aliphatic carboxylic acids is 1. The summed E-state index contributed by atoms with van der Waals surface area (Å²) in [6, 6.07) is 5.64. The summed E-state index contributed by atoms with van der Waals surface area (Å²) in [5.41, 5.74) is 3.02. The summed E-state index contributed by atoms with van der Waals surface area (Å²) in [6.45, 7) is 3.75. The van der Waals surface area contributed by atoms with Gasteiger partial charge in [-0.1, -0.05) is 0 Å². The van der Waals surface area contributed by atoms with Crippen molar-refractivity contribution in [2.75, 3.05) is 26.2 Å². The lowest BCUT2D eigenvalue weighted by atomic mass is 9.99. The van der Waals surface area contributed by atoms with Crippen molar-refractivity contribution in [3.05, 3.63) is 52.8 Å². The average molecular weight is 467 g/mol. The molecule has 9 nitrogen and oxygen atoms in total. The number of aromatic amines is 1. The lowest BCUT2D eigenvalue weighted by molar-refractivity contribution is -0.138. The third-order valence-electron chi connectivity index (χ3n) is 5.82. The molecule has 0 spiro atoms. The number of H-pyrrole nitrogens is 1. The van der Waals surface area contributed by atoms with Gasteiger partial charge >= 0.3 is 5.97 Å². The highest BCUT2D eigenvalue weighted by molar-refractivity contribution is 7.06. The summed E-state index contributed by atoms with van der Waals surface area (Å²) in [7, 11) is 0. The molecule has 2 aliphatic rings. The highest BCUT2D eigenvalue weighted by Crippen LogP contribution is 2.36. The van der Waals surface area contributed by atoms with Gasteiger partial charge in [-0.25, -0.2) is 4.37 Å². The molecular formula is C23H26N6O3S. The topological polar surface area (TPSA) is 115 Å². The molecule has 0 fully saturated rings. The number of carboxylic acids is 1. The first-order valence-corrected chi connectivity index (χ1v) is 11.8. The van der Waals surface area contributed by atoms with Crippen LogP contribution in [0.3, 0.4) is 0 Å². The summed E-state index contributed by atoms with van der Waals surface area (Å²) in [5, 5.41) is 17.0. The minimum atomic E-state index is -0.829. The maximum Gasteiger partial charge on any atom is 0.305 e. The first-order chi connectivity index (χ1) is 16.2. The molecule has 0 bridgehead atoms. The Morgan fingerprint density at radius 3 is 3.18 bits per heavy atom. The Labute approximate surface area is 195 Å². The van der Waals surface area contributed by atoms with E-state index in [1.165, 1.54) is 11.5 Å². The molecule has 172 valence electrons. The fraction of sp³-hybridized carbons (Fsp3) is 0.348. The fourth-order valence-corrected chi connectivity index (χ4v) is 4.85. The standard InChI is InChI=1S/C23H26N6O3S/c30-22(31)11-20(29-8-4-21-15(14-29)12-28-33-21)18-13-27-19-10-16(2-3-17(18)19)32-9-1-5-24-23-25-6-7-26-23/h2-4,8,10,12-13,20,27H,1,5-7,9,11,14H2,(H,30,31)(H2,24,25,26). The smallest absolute Gasteiger partial charge is 0.305 e. The number of nitrogens with zero attached hydrogens (tertiary/aromatic N) is 3. The molecule has 3 aromatic rings. The van der Waals surface area contributed by atoms with E-state index in [4.69, 9.17) is 4.74 Å². The Balaban J connectivity index is 1.26. The van der Waals surface area contributed by atoms with Crippen LogP contribution in [0.15, 0.2) is 41.8 Å². The largest absolute Gasteiger partial charge is 0.493 e. The first kappa shape index (κ1) is 21.3. The summed E-state index contributed by atoms with van der Waals surface area (Å²) >= 11 is 1.46. The number of hydrogen-bond donors (Lipinski definition) is 4. The van der Waals surface area contributed by atoms with Crippen LogP contribution in [0, 0.1) is 0 Å². The molecule has 1 aromatic carbocycles. The molecule has 33 heavy (non-hydrogen) atoms. The number of aliphatic imine (C=N–C) groups is 1. The monoisotopic (exact) mass is 466 g/mol. The summed E-state index contributed by atoms with van der Waals surface area (Å²) in [4.78, 5) is 22.5. The van der Waals surface area contributed by atoms with Gasteiger partial charge in [-0.3, -0.25) is 9.79 Å². The number of hydrogen-bond acceptors (Lipinski definition) is 8. The molecule has 5 rings (SSSR count). The summed E-state index contributed by atoms with van der Waals surface area (Å²) in [5.74, 6) is 0.819. The normalized spacial score (nSPS) is 15.8. The maximum absolute atomic E-state index is 11.7. The van der Waals surface area contributed by atoms with Gasteiger partial charge in [-0.05, 0) is 36.2 Å². The van der Waals surface area contributed by atoms with Crippen molar-refractivity contribution in [2.24, 2.45) is 4.99 Å². The van der Waals surface area contributed by atoms with E-state index in [0.29, 0.717) is 13.2 Å². The lowest BCUT2D eigenvalue weighted by Crippen LogP contribution is -2.34. The third-order valence-corrected chi connectivity index (χ3v) is 6.62. The molecule has 4 N–H and O–H groups in total. The van der Waals surface area contributed by atoms with Crippen LogP contribution >= 0.6 is 11.5 Å². The van der Waals surface area contributed by atoms with E-state index in [1.807, 2.05) is 42.9 Å². The molecule has 0 radical (unpaired) electrons. The van der Waals surface area contributed by atoms with Crippen molar-refractivity contribution < 1.29 is 14.6 Å². The van der Waals surface area contributed by atoms with Gasteiger partial charge in [0.25, 0.3) is 0 Å². The van der Waals surface area contributed by atoms with Crippen molar-refractivity contribution in [3.63, 3.8) is 0 Å². The van der Waals surface area contributed by atoms with Gasteiger partial charge in [-0.15, -0.1) is 0 Å². The van der Waals surface area contributed by atoms with Crippen LogP contribution in [0.4, 0.5) is 0 Å². The number of carbonyl (C=O) groups is 1. The molecule has 10 heteroatoms. The molecule has 0 saturated heterocycles. The Morgan fingerprint density at radius 1 is 1.39 bits per heavy atom. The number of rotatable bonds is 9. The van der Waals surface area contributed by atoms with Crippen LogP contribution in [0.2, 0.25) is 0 Å². The van der Waals surface area contributed by atoms with Crippen molar-refractivity contribution in [2.45, 2.75) is 25.4 Å². The fourth-order valence-electron chi connectivity index (χ4n) is 4.20. The molecule has 4 heterocycles. The Kier molecular flexibility index (Phi) is 6.16. The van der Waals surface area contributed by atoms with Crippen LogP contribution in [-0.4, -0.2) is 57.5 Å². The van der Waals surface area contributed by atoms with E-state index in [-0.39, 0.29) is 12.5 Å². The Bertz CT molecular complexity index is 1200. The van der Waals surface area contributed by atoms with Crippen molar-refractivity contribution >= 4 is 40.4 Å². The Morgan fingerprint density at radius 2 is 2.33 bits per heavy atom. The number of fused-ring (bicyclic) bond motifs is 2. The number of ether oxygens (including phenoxy) is 1. The molecule has 0 saturated carbocycles. The van der Waals surface area contributed by atoms with E-state index in [1.54, 1.807) is 0 Å². The summed E-state index contributed by atoms with van der Waals surface area (Å²) in [6.07, 6.45) is 8.63. The zero-order valence-corrected chi connectivity index (χ0v) is 18.9. The number of aromatic nitrogens is 2. The van der Waals surface area contributed by atoms with Crippen LogP contribution in [0.25, 0.3) is 17.0 Å². The SMILES string of the molecule is O=C(O)CC(c1c[nH]c2cc(OCCCNC3=NCCN3)ccc12)N1C=Cc2sncc2C1. The maximum atomic E-state index is 11.7. The van der Waals surface area contributed by atoms with Gasteiger partial charge in [-0.2, -0.15) is 0 Å². The molecule has 2 aromatic heterocycles. The van der Waals surface area contributed by atoms with E-state index in [9.17, 15) is 9.90 Å². The minimum Gasteiger partial charge on any atom is -0.493 e. The van der Waals surface area contributed by atoms with Crippen molar-refractivity contribution in [1.82, 2.24) is 24.9 Å². The molecule has 0 amide bonds.